The Morgan fingerprint density at radius 3 is 2.59 bits per heavy atom. The Bertz CT molecular complexity index is 1540. The number of hydrogen-bond acceptors (Lipinski definition) is 7. The number of urea groups is 1. The second kappa shape index (κ2) is 11.2. The van der Waals surface area contributed by atoms with Crippen molar-refractivity contribution >= 4 is 68.7 Å². The molecule has 0 radical (unpaired) electrons. The highest BCUT2D eigenvalue weighted by Crippen LogP contribution is 2.39. The van der Waals surface area contributed by atoms with E-state index in [0.29, 0.717) is 49.7 Å². The molecule has 0 aromatic heterocycles. The van der Waals surface area contributed by atoms with Crippen molar-refractivity contribution in [1.82, 2.24) is 5.32 Å². The molecular weight excluding hydrogens is 615 g/mol. The van der Waals surface area contributed by atoms with Crippen LogP contribution in [0.3, 0.4) is 0 Å². The van der Waals surface area contributed by atoms with Crippen LogP contribution in [0.5, 0.6) is 23.0 Å². The van der Waals surface area contributed by atoms with E-state index >= 15 is 0 Å². The summed E-state index contributed by atoms with van der Waals surface area (Å²) in [5.41, 5.74) is 1.16. The van der Waals surface area contributed by atoms with E-state index in [2.05, 4.69) is 21.2 Å². The van der Waals surface area contributed by atoms with Gasteiger partial charge in [0.05, 0.1) is 16.8 Å². The van der Waals surface area contributed by atoms with Gasteiger partial charge in [-0.1, -0.05) is 29.3 Å². The zero-order valence-corrected chi connectivity index (χ0v) is 23.4. The summed E-state index contributed by atoms with van der Waals surface area (Å²) in [7, 11) is 0. The van der Waals surface area contributed by atoms with E-state index in [1.807, 2.05) is 6.92 Å². The fraction of sp³-hybridized carbons (Fsp3) is 0.148. The van der Waals surface area contributed by atoms with Gasteiger partial charge in [-0.15, -0.1) is 0 Å². The van der Waals surface area contributed by atoms with Crippen molar-refractivity contribution in [2.45, 2.75) is 13.5 Å². The van der Waals surface area contributed by atoms with Gasteiger partial charge in [-0.05, 0) is 70.9 Å². The van der Waals surface area contributed by atoms with Crippen LogP contribution in [-0.2, 0) is 16.2 Å². The molecule has 4 amide bonds. The lowest BCUT2D eigenvalue weighted by atomic mass is 10.1. The van der Waals surface area contributed by atoms with E-state index in [9.17, 15) is 14.4 Å². The summed E-state index contributed by atoms with van der Waals surface area (Å²) in [4.78, 5) is 39.5. The Morgan fingerprint density at radius 1 is 1.03 bits per heavy atom. The van der Waals surface area contributed by atoms with Crippen LogP contribution in [0, 0.1) is 0 Å². The molecule has 9 nitrogen and oxygen atoms in total. The maximum Gasteiger partial charge on any atom is 0.335 e. The summed E-state index contributed by atoms with van der Waals surface area (Å²) < 4.78 is 22.9. The minimum absolute atomic E-state index is 0.0338. The third-order valence-electron chi connectivity index (χ3n) is 5.75. The topological polar surface area (TPSA) is 103 Å². The molecule has 3 aromatic rings. The lowest BCUT2D eigenvalue weighted by Gasteiger charge is -2.26. The van der Waals surface area contributed by atoms with Crippen molar-refractivity contribution in [3.05, 3.63) is 79.7 Å². The van der Waals surface area contributed by atoms with Gasteiger partial charge in [0.15, 0.2) is 23.0 Å². The van der Waals surface area contributed by atoms with Gasteiger partial charge in [0.25, 0.3) is 11.8 Å². The molecular formula is C27H19BrCl2N2O7. The molecule has 2 aliphatic heterocycles. The largest absolute Gasteiger partial charge is 0.490 e. The number of nitrogens with zero attached hydrogens (tertiary/aromatic N) is 1. The summed E-state index contributed by atoms with van der Waals surface area (Å²) in [6.45, 7) is 2.32. The van der Waals surface area contributed by atoms with E-state index in [1.54, 1.807) is 36.4 Å². The first kappa shape index (κ1) is 26.9. The first-order valence-electron chi connectivity index (χ1n) is 11.6. The van der Waals surface area contributed by atoms with Gasteiger partial charge in [-0.3, -0.25) is 14.9 Å². The molecule has 3 aromatic carbocycles. The zero-order valence-electron chi connectivity index (χ0n) is 20.3. The first-order chi connectivity index (χ1) is 18.7. The number of rotatable bonds is 7. The molecule has 0 unspecified atom stereocenters. The average molecular weight is 634 g/mol. The molecule has 0 bridgehead atoms. The van der Waals surface area contributed by atoms with E-state index in [1.165, 1.54) is 18.2 Å². The Hall–Kier alpha value is -3.73. The van der Waals surface area contributed by atoms with Crippen LogP contribution in [0.2, 0.25) is 10.0 Å². The molecule has 2 heterocycles. The fourth-order valence-corrected chi connectivity index (χ4v) is 4.98. The summed E-state index contributed by atoms with van der Waals surface area (Å²) in [6, 6.07) is 12.1. The van der Waals surface area contributed by atoms with Crippen molar-refractivity contribution in [1.29, 1.82) is 0 Å². The third kappa shape index (κ3) is 5.54. The molecule has 200 valence electrons. The standard InChI is InChI=1S/C27H19BrCl2N2O7/c1-2-36-23-9-14(8-19(28)24(23)37-12-15-3-4-16(29)10-20(15)30)7-18-25(33)31-27(35)32(26(18)34)17-5-6-21-22(11-17)39-13-38-21/h3-11H,2,12-13H2,1H3,(H,31,33,35)/b18-7+. The highest BCUT2D eigenvalue weighted by Gasteiger charge is 2.37. The van der Waals surface area contributed by atoms with Gasteiger partial charge < -0.3 is 18.9 Å². The SMILES string of the molecule is CCOc1cc(/C=C2\C(=O)NC(=O)N(c3ccc4c(c3)OCO4)C2=O)cc(Br)c1OCc1ccc(Cl)cc1Cl. The van der Waals surface area contributed by atoms with Crippen molar-refractivity contribution in [2.24, 2.45) is 0 Å². The van der Waals surface area contributed by atoms with Crippen LogP contribution in [0.15, 0.2) is 58.6 Å². The number of anilines is 1. The van der Waals surface area contributed by atoms with Gasteiger partial charge in [0.2, 0.25) is 6.79 Å². The van der Waals surface area contributed by atoms with E-state index in [4.69, 9.17) is 42.1 Å². The fourth-order valence-electron chi connectivity index (χ4n) is 3.95. The Balaban J connectivity index is 1.45. The van der Waals surface area contributed by atoms with Crippen molar-refractivity contribution in [3.8, 4) is 23.0 Å². The minimum atomic E-state index is -0.873. The van der Waals surface area contributed by atoms with Gasteiger partial charge >= 0.3 is 6.03 Å². The lowest BCUT2D eigenvalue weighted by molar-refractivity contribution is -0.122. The molecule has 2 aliphatic rings. The predicted octanol–water partition coefficient (Wildman–Crippen LogP) is 6.13. The summed E-state index contributed by atoms with van der Waals surface area (Å²) >= 11 is 15.7. The second-order valence-corrected chi connectivity index (χ2v) is 9.98. The summed E-state index contributed by atoms with van der Waals surface area (Å²) in [6.07, 6.45) is 1.37. The van der Waals surface area contributed by atoms with Crippen molar-refractivity contribution in [2.75, 3.05) is 18.3 Å². The monoisotopic (exact) mass is 632 g/mol. The number of imide groups is 2. The number of halogens is 3. The smallest absolute Gasteiger partial charge is 0.335 e. The third-order valence-corrected chi connectivity index (χ3v) is 6.92. The maximum atomic E-state index is 13.3. The second-order valence-electron chi connectivity index (χ2n) is 8.28. The number of hydrogen-bond donors (Lipinski definition) is 1. The van der Waals surface area contributed by atoms with Crippen molar-refractivity contribution in [3.63, 3.8) is 0 Å². The van der Waals surface area contributed by atoms with Gasteiger partial charge in [0.1, 0.15) is 12.2 Å². The summed E-state index contributed by atoms with van der Waals surface area (Å²) in [5.74, 6) is 0.0293. The Labute approximate surface area is 241 Å². The van der Waals surface area contributed by atoms with Gasteiger partial charge in [-0.2, -0.15) is 0 Å². The van der Waals surface area contributed by atoms with Crippen LogP contribution < -0.4 is 29.2 Å². The average Bonchev–Trinajstić information content (AvgIpc) is 3.35. The van der Waals surface area contributed by atoms with Gasteiger partial charge in [-0.25, -0.2) is 9.69 Å². The normalized spacial score (nSPS) is 15.5. The number of amides is 4. The van der Waals surface area contributed by atoms with Crippen LogP contribution in [0.25, 0.3) is 6.08 Å². The minimum Gasteiger partial charge on any atom is -0.490 e. The number of nitrogens with one attached hydrogen (secondary N) is 1. The van der Waals surface area contributed by atoms with Gasteiger partial charge in [0, 0.05) is 21.7 Å². The van der Waals surface area contributed by atoms with E-state index < -0.39 is 17.8 Å². The van der Waals surface area contributed by atoms with Crippen LogP contribution in [0.4, 0.5) is 10.5 Å². The van der Waals surface area contributed by atoms with Crippen LogP contribution in [-0.4, -0.2) is 31.2 Å². The van der Waals surface area contributed by atoms with E-state index in [0.717, 1.165) is 10.5 Å². The number of fused-ring (bicyclic) bond motifs is 1. The van der Waals surface area contributed by atoms with Crippen LogP contribution >= 0.6 is 39.1 Å². The molecule has 39 heavy (non-hydrogen) atoms. The highest BCUT2D eigenvalue weighted by molar-refractivity contribution is 9.10. The zero-order chi connectivity index (χ0) is 27.7. The van der Waals surface area contributed by atoms with Crippen LogP contribution in [0.1, 0.15) is 18.1 Å². The Morgan fingerprint density at radius 2 is 1.82 bits per heavy atom. The molecule has 12 heteroatoms. The summed E-state index contributed by atoms with van der Waals surface area (Å²) in [5, 5.41) is 3.18. The number of benzene rings is 3. The number of ether oxygens (including phenoxy) is 4. The molecule has 0 spiro atoms. The molecule has 1 N–H and O–H groups in total. The van der Waals surface area contributed by atoms with Crippen molar-refractivity contribution < 1.29 is 33.3 Å². The molecule has 5 rings (SSSR count). The first-order valence-corrected chi connectivity index (χ1v) is 13.1. The molecule has 1 saturated heterocycles. The molecule has 0 aliphatic carbocycles. The number of carbonyl (C=O) groups is 3. The number of barbiturate groups is 1. The molecule has 0 saturated carbocycles. The molecule has 0 atom stereocenters. The Kier molecular flexibility index (Phi) is 7.69. The maximum absolute atomic E-state index is 13.3. The van der Waals surface area contributed by atoms with E-state index in [-0.39, 0.29) is 24.7 Å². The highest BCUT2D eigenvalue weighted by atomic mass is 79.9. The quantitative estimate of drug-likeness (QED) is 0.247. The lowest BCUT2D eigenvalue weighted by Crippen LogP contribution is -2.54. The predicted molar refractivity (Wildman–Crippen MR) is 148 cm³/mol. The number of carbonyl (C=O) groups excluding carboxylic acids is 3. The molecule has 1 fully saturated rings.